The van der Waals surface area contributed by atoms with Crippen molar-refractivity contribution in [1.29, 1.82) is 0 Å². The van der Waals surface area contributed by atoms with Crippen molar-refractivity contribution in [2.24, 2.45) is 0 Å². The number of Topliss-reactive ketones (excluding diaryl/α,β-unsaturated/α-hetero) is 1. The summed E-state index contributed by atoms with van der Waals surface area (Å²) < 4.78 is 7.70. The lowest BCUT2D eigenvalue weighted by atomic mass is 10.2. The first kappa shape index (κ1) is 20.4. The van der Waals surface area contributed by atoms with Gasteiger partial charge in [-0.15, -0.1) is 10.2 Å². The molecule has 0 aliphatic carbocycles. The largest absolute Gasteiger partial charge is 0.414 e. The van der Waals surface area contributed by atoms with Gasteiger partial charge in [-0.1, -0.05) is 29.5 Å². The van der Waals surface area contributed by atoms with Crippen LogP contribution in [0.1, 0.15) is 46.0 Å². The van der Waals surface area contributed by atoms with E-state index in [1.807, 2.05) is 19.9 Å². The number of aryl methyl sites for hydroxylation is 2. The third kappa shape index (κ3) is 4.18. The number of amides is 1. The predicted octanol–water partition coefficient (Wildman–Crippen LogP) is 3.88. The molecule has 0 bridgehead atoms. The lowest BCUT2D eigenvalue weighted by molar-refractivity contribution is -0.128. The van der Waals surface area contributed by atoms with Gasteiger partial charge in [0, 0.05) is 35.6 Å². The van der Waals surface area contributed by atoms with Gasteiger partial charge < -0.3 is 13.9 Å². The molecule has 0 N–H and O–H groups in total. The van der Waals surface area contributed by atoms with Gasteiger partial charge in [0.2, 0.25) is 11.8 Å². The maximum absolute atomic E-state index is 12.8. The molecule has 0 spiro atoms. The first-order chi connectivity index (χ1) is 14.4. The molecule has 0 radical (unpaired) electrons. The normalized spacial score (nSPS) is 14.0. The fourth-order valence-corrected chi connectivity index (χ4v) is 4.40. The molecule has 7 nitrogen and oxygen atoms in total. The van der Waals surface area contributed by atoms with Crippen molar-refractivity contribution in [2.75, 3.05) is 12.3 Å². The summed E-state index contributed by atoms with van der Waals surface area (Å²) in [5, 5.41) is 8.35. The molecule has 1 aliphatic heterocycles. The molecule has 1 aliphatic rings. The van der Waals surface area contributed by atoms with Crippen LogP contribution in [0.25, 0.3) is 5.69 Å². The maximum atomic E-state index is 12.8. The summed E-state index contributed by atoms with van der Waals surface area (Å²) in [5.74, 6) is 0.739. The molecule has 1 fully saturated rings. The lowest BCUT2D eigenvalue weighted by Crippen LogP contribution is -2.23. The molecular weight excluding hydrogens is 400 g/mol. The van der Waals surface area contributed by atoms with Crippen LogP contribution in [0.5, 0.6) is 0 Å². The van der Waals surface area contributed by atoms with Crippen molar-refractivity contribution in [3.05, 3.63) is 58.7 Å². The third-order valence-electron chi connectivity index (χ3n) is 5.30. The highest BCUT2D eigenvalue weighted by Crippen LogP contribution is 2.25. The van der Waals surface area contributed by atoms with Crippen molar-refractivity contribution in [3.63, 3.8) is 0 Å². The van der Waals surface area contributed by atoms with Gasteiger partial charge in [-0.25, -0.2) is 0 Å². The quantitative estimate of drug-likeness (QED) is 0.423. The average molecular weight is 425 g/mol. The summed E-state index contributed by atoms with van der Waals surface area (Å²) in [7, 11) is 0. The second kappa shape index (κ2) is 8.47. The Kier molecular flexibility index (Phi) is 5.76. The van der Waals surface area contributed by atoms with E-state index in [0.29, 0.717) is 29.6 Å². The topological polar surface area (TPSA) is 81.2 Å². The van der Waals surface area contributed by atoms with E-state index >= 15 is 0 Å². The number of nitrogens with zero attached hydrogens (tertiary/aromatic N) is 4. The molecule has 0 unspecified atom stereocenters. The highest BCUT2D eigenvalue weighted by Gasteiger charge is 2.23. The van der Waals surface area contributed by atoms with E-state index in [9.17, 15) is 9.59 Å². The van der Waals surface area contributed by atoms with Crippen molar-refractivity contribution < 1.29 is 14.0 Å². The number of benzene rings is 1. The Morgan fingerprint density at radius 2 is 1.93 bits per heavy atom. The number of hydrogen-bond acceptors (Lipinski definition) is 6. The molecule has 1 aromatic carbocycles. The summed E-state index contributed by atoms with van der Waals surface area (Å²) in [5.41, 5.74) is 4.87. The fourth-order valence-electron chi connectivity index (χ4n) is 3.74. The lowest BCUT2D eigenvalue weighted by Gasteiger charge is -2.11. The number of likely N-dealkylation sites (tertiary alicyclic amines) is 1. The average Bonchev–Trinajstić information content (AvgIpc) is 3.42. The number of carbonyl (C=O) groups excluding carboxylic acids is 2. The van der Waals surface area contributed by atoms with E-state index in [4.69, 9.17) is 4.42 Å². The summed E-state index contributed by atoms with van der Waals surface area (Å²) in [6.07, 6.45) is 1.44. The van der Waals surface area contributed by atoms with Crippen LogP contribution in [0.4, 0.5) is 0 Å². The summed E-state index contributed by atoms with van der Waals surface area (Å²) in [6.45, 7) is 7.07. The fraction of sp³-hybridized carbons (Fsp3) is 0.364. The maximum Gasteiger partial charge on any atom is 0.277 e. The van der Waals surface area contributed by atoms with Crippen LogP contribution < -0.4 is 0 Å². The van der Waals surface area contributed by atoms with Crippen LogP contribution in [0, 0.1) is 20.8 Å². The Hall–Kier alpha value is -2.87. The van der Waals surface area contributed by atoms with Crippen molar-refractivity contribution in [2.45, 2.75) is 45.4 Å². The summed E-state index contributed by atoms with van der Waals surface area (Å²) in [4.78, 5) is 26.3. The van der Waals surface area contributed by atoms with Gasteiger partial charge in [-0.3, -0.25) is 9.59 Å². The first-order valence-electron chi connectivity index (χ1n) is 9.94. The first-order valence-corrected chi connectivity index (χ1v) is 10.9. The zero-order valence-electron chi connectivity index (χ0n) is 17.3. The Labute approximate surface area is 179 Å². The molecular formula is C22H24N4O3S. The van der Waals surface area contributed by atoms with Crippen LogP contribution in [-0.2, 0) is 11.3 Å². The van der Waals surface area contributed by atoms with Crippen LogP contribution in [0.2, 0.25) is 0 Å². The van der Waals surface area contributed by atoms with Gasteiger partial charge in [-0.05, 0) is 45.4 Å². The predicted molar refractivity (Wildman–Crippen MR) is 114 cm³/mol. The van der Waals surface area contributed by atoms with Gasteiger partial charge >= 0.3 is 0 Å². The van der Waals surface area contributed by atoms with Crippen molar-refractivity contribution in [3.8, 4) is 5.69 Å². The van der Waals surface area contributed by atoms with E-state index in [1.54, 1.807) is 4.90 Å². The van der Waals surface area contributed by atoms with Gasteiger partial charge in [0.05, 0.1) is 12.3 Å². The molecule has 3 heterocycles. The summed E-state index contributed by atoms with van der Waals surface area (Å²) >= 11 is 1.22. The molecule has 0 saturated carbocycles. The van der Waals surface area contributed by atoms with E-state index in [-0.39, 0.29) is 17.4 Å². The standard InChI is InChI=1S/C22H24N4O3S/c1-14-6-8-17(9-7-14)26-15(2)11-18(16(26)3)19(27)13-30-22-24-23-20(29-22)12-25-10-4-5-21(25)28/h6-9,11H,4-5,10,12-13H2,1-3H3. The molecule has 30 heavy (non-hydrogen) atoms. The molecule has 8 heteroatoms. The van der Waals surface area contributed by atoms with E-state index in [1.165, 1.54) is 17.3 Å². The van der Waals surface area contributed by atoms with Crippen LogP contribution in [0.3, 0.4) is 0 Å². The SMILES string of the molecule is Cc1ccc(-n2c(C)cc(C(=O)CSc3nnc(CN4CCCC4=O)o3)c2C)cc1. The number of ketones is 1. The minimum atomic E-state index is 0.0148. The molecule has 4 rings (SSSR count). The number of aromatic nitrogens is 3. The third-order valence-corrected chi connectivity index (χ3v) is 6.11. The van der Waals surface area contributed by atoms with Gasteiger partial charge in [0.15, 0.2) is 5.78 Å². The van der Waals surface area contributed by atoms with Crippen molar-refractivity contribution >= 4 is 23.5 Å². The Morgan fingerprint density at radius 1 is 1.17 bits per heavy atom. The molecule has 1 amide bonds. The molecule has 1 saturated heterocycles. The highest BCUT2D eigenvalue weighted by molar-refractivity contribution is 7.99. The number of hydrogen-bond donors (Lipinski definition) is 0. The van der Waals surface area contributed by atoms with Crippen LogP contribution >= 0.6 is 11.8 Å². The summed E-state index contributed by atoms with van der Waals surface area (Å²) in [6, 6.07) is 10.2. The van der Waals surface area contributed by atoms with Gasteiger partial charge in [0.25, 0.3) is 5.22 Å². The Balaban J connectivity index is 1.42. The molecule has 156 valence electrons. The smallest absolute Gasteiger partial charge is 0.277 e. The van der Waals surface area contributed by atoms with E-state index in [0.717, 1.165) is 30.0 Å². The van der Waals surface area contributed by atoms with Crippen molar-refractivity contribution in [1.82, 2.24) is 19.7 Å². The zero-order valence-corrected chi connectivity index (χ0v) is 18.2. The van der Waals surface area contributed by atoms with Gasteiger partial charge in [0.1, 0.15) is 0 Å². The van der Waals surface area contributed by atoms with Crippen LogP contribution in [0.15, 0.2) is 40.0 Å². The zero-order chi connectivity index (χ0) is 21.3. The molecule has 2 aromatic heterocycles. The minimum Gasteiger partial charge on any atom is -0.414 e. The molecule has 0 atom stereocenters. The van der Waals surface area contributed by atoms with Gasteiger partial charge in [-0.2, -0.15) is 0 Å². The highest BCUT2D eigenvalue weighted by atomic mass is 32.2. The second-order valence-electron chi connectivity index (χ2n) is 7.55. The number of carbonyl (C=O) groups is 2. The number of thioether (sulfide) groups is 1. The monoisotopic (exact) mass is 424 g/mol. The van der Waals surface area contributed by atoms with Crippen LogP contribution in [-0.4, -0.2) is 43.7 Å². The van der Waals surface area contributed by atoms with E-state index in [2.05, 4.69) is 46.0 Å². The Bertz CT molecular complexity index is 1080. The molecule has 3 aromatic rings. The Morgan fingerprint density at radius 3 is 2.63 bits per heavy atom. The minimum absolute atomic E-state index is 0.0148. The number of rotatable bonds is 7. The van der Waals surface area contributed by atoms with E-state index < -0.39 is 0 Å². The second-order valence-corrected chi connectivity index (χ2v) is 8.47.